The Hall–Kier alpha value is -3.53. The van der Waals surface area contributed by atoms with Crippen molar-refractivity contribution in [2.24, 2.45) is 0 Å². The molecule has 2 aromatic heterocycles. The Morgan fingerprint density at radius 1 is 0.926 bits per heavy atom. The molecule has 0 aliphatic heterocycles. The molecule has 0 unspecified atom stereocenters. The van der Waals surface area contributed by atoms with Crippen molar-refractivity contribution >= 4 is 16.8 Å². The van der Waals surface area contributed by atoms with Crippen LogP contribution in [0.5, 0.6) is 0 Å². The molecule has 0 aliphatic rings. The minimum Gasteiger partial charge on any atom is -0.344 e. The molecular formula is C23H19N3O. The van der Waals surface area contributed by atoms with Crippen LogP contribution < -0.4 is 5.32 Å². The van der Waals surface area contributed by atoms with Crippen LogP contribution in [0.15, 0.2) is 85.1 Å². The molecule has 1 atom stereocenters. The number of hydrogen-bond acceptors (Lipinski definition) is 3. The number of rotatable bonds is 4. The third-order valence-electron chi connectivity index (χ3n) is 4.51. The number of pyridine rings is 2. The number of aromatic nitrogens is 2. The number of amides is 1. The molecule has 2 heterocycles. The molecule has 132 valence electrons. The number of nitrogens with zero attached hydrogens (tertiary/aromatic N) is 2. The highest BCUT2D eigenvalue weighted by Gasteiger charge is 2.17. The summed E-state index contributed by atoms with van der Waals surface area (Å²) in [5.74, 6) is -0.135. The van der Waals surface area contributed by atoms with Crippen LogP contribution in [0.2, 0.25) is 0 Å². The first-order valence-electron chi connectivity index (χ1n) is 8.89. The van der Waals surface area contributed by atoms with Gasteiger partial charge in [0.2, 0.25) is 0 Å². The highest BCUT2D eigenvalue weighted by molar-refractivity contribution is 6.07. The summed E-state index contributed by atoms with van der Waals surface area (Å²) in [6.07, 6.45) is 1.73. The monoisotopic (exact) mass is 353 g/mol. The lowest BCUT2D eigenvalue weighted by molar-refractivity contribution is 0.0941. The average molecular weight is 353 g/mol. The third kappa shape index (κ3) is 3.55. The Bertz CT molecular complexity index is 1080. The van der Waals surface area contributed by atoms with Gasteiger partial charge >= 0.3 is 0 Å². The first kappa shape index (κ1) is 16.9. The lowest BCUT2D eigenvalue weighted by atomic mass is 10.0. The smallest absolute Gasteiger partial charge is 0.252 e. The molecule has 0 bridgehead atoms. The van der Waals surface area contributed by atoms with E-state index < -0.39 is 0 Å². The van der Waals surface area contributed by atoms with E-state index in [1.54, 1.807) is 6.20 Å². The van der Waals surface area contributed by atoms with E-state index in [0.29, 0.717) is 5.56 Å². The zero-order chi connectivity index (χ0) is 18.6. The van der Waals surface area contributed by atoms with E-state index >= 15 is 0 Å². The Morgan fingerprint density at radius 3 is 2.44 bits per heavy atom. The second-order valence-electron chi connectivity index (χ2n) is 6.39. The van der Waals surface area contributed by atoms with E-state index in [9.17, 15) is 4.79 Å². The standard InChI is InChI=1S/C23H19N3O/c1-16(20-12-7-8-14-24-20)25-23(27)19-15-22(17-9-3-2-4-10-17)26-21-13-6-5-11-18(19)21/h2-16H,1H3,(H,25,27)/t16-/m0/s1. The van der Waals surface area contributed by atoms with E-state index in [2.05, 4.69) is 10.3 Å². The van der Waals surface area contributed by atoms with Crippen molar-refractivity contribution < 1.29 is 4.79 Å². The highest BCUT2D eigenvalue weighted by Crippen LogP contribution is 2.25. The maximum Gasteiger partial charge on any atom is 0.252 e. The number of para-hydroxylation sites is 1. The summed E-state index contributed by atoms with van der Waals surface area (Å²) >= 11 is 0. The van der Waals surface area contributed by atoms with Crippen LogP contribution in [0.3, 0.4) is 0 Å². The highest BCUT2D eigenvalue weighted by atomic mass is 16.1. The molecule has 4 rings (SSSR count). The van der Waals surface area contributed by atoms with Crippen molar-refractivity contribution in [1.29, 1.82) is 0 Å². The molecule has 4 nitrogen and oxygen atoms in total. The van der Waals surface area contributed by atoms with E-state index in [-0.39, 0.29) is 11.9 Å². The summed E-state index contributed by atoms with van der Waals surface area (Å²) < 4.78 is 0. The van der Waals surface area contributed by atoms with Crippen LogP contribution in [-0.4, -0.2) is 15.9 Å². The van der Waals surface area contributed by atoms with Gasteiger partial charge in [-0.15, -0.1) is 0 Å². The minimum atomic E-state index is -0.189. The Balaban J connectivity index is 1.74. The third-order valence-corrected chi connectivity index (χ3v) is 4.51. The summed E-state index contributed by atoms with van der Waals surface area (Å²) in [5.41, 5.74) is 4.00. The zero-order valence-corrected chi connectivity index (χ0v) is 15.0. The number of fused-ring (bicyclic) bond motifs is 1. The van der Waals surface area contributed by atoms with Gasteiger partial charge in [-0.2, -0.15) is 0 Å². The lowest BCUT2D eigenvalue weighted by Gasteiger charge is -2.15. The van der Waals surface area contributed by atoms with Crippen molar-refractivity contribution in [2.45, 2.75) is 13.0 Å². The molecule has 2 aromatic carbocycles. The van der Waals surface area contributed by atoms with Crippen molar-refractivity contribution in [2.75, 3.05) is 0 Å². The van der Waals surface area contributed by atoms with Crippen LogP contribution in [0.4, 0.5) is 0 Å². The normalized spacial score (nSPS) is 11.9. The maximum absolute atomic E-state index is 13.1. The summed E-state index contributed by atoms with van der Waals surface area (Å²) in [4.78, 5) is 22.1. The van der Waals surface area contributed by atoms with Crippen LogP contribution in [0.1, 0.15) is 29.0 Å². The topological polar surface area (TPSA) is 54.9 Å². The fraction of sp³-hybridized carbons (Fsp3) is 0.0870. The van der Waals surface area contributed by atoms with E-state index in [1.165, 1.54) is 0 Å². The van der Waals surface area contributed by atoms with Gasteiger partial charge in [-0.05, 0) is 31.2 Å². The predicted molar refractivity (Wildman–Crippen MR) is 107 cm³/mol. The lowest BCUT2D eigenvalue weighted by Crippen LogP contribution is -2.27. The number of carbonyl (C=O) groups is 1. The van der Waals surface area contributed by atoms with E-state index in [0.717, 1.165) is 27.9 Å². The molecule has 1 N–H and O–H groups in total. The Morgan fingerprint density at radius 2 is 1.67 bits per heavy atom. The molecule has 0 aliphatic carbocycles. The van der Waals surface area contributed by atoms with Crippen LogP contribution in [0, 0.1) is 0 Å². The van der Waals surface area contributed by atoms with Crippen LogP contribution in [-0.2, 0) is 0 Å². The van der Waals surface area contributed by atoms with Gasteiger partial charge in [0.25, 0.3) is 5.91 Å². The Kier molecular flexibility index (Phi) is 4.62. The molecular weight excluding hydrogens is 334 g/mol. The SMILES string of the molecule is C[C@H](NC(=O)c1cc(-c2ccccc2)nc2ccccc12)c1ccccn1. The largest absolute Gasteiger partial charge is 0.344 e. The van der Waals surface area contributed by atoms with Crippen molar-refractivity contribution in [3.63, 3.8) is 0 Å². The molecule has 27 heavy (non-hydrogen) atoms. The average Bonchev–Trinajstić information content (AvgIpc) is 2.74. The van der Waals surface area contributed by atoms with Gasteiger partial charge in [0.1, 0.15) is 0 Å². The van der Waals surface area contributed by atoms with E-state index in [1.807, 2.05) is 85.8 Å². The van der Waals surface area contributed by atoms with Crippen molar-refractivity contribution in [3.8, 4) is 11.3 Å². The number of hydrogen-bond donors (Lipinski definition) is 1. The first-order valence-corrected chi connectivity index (χ1v) is 8.89. The van der Waals surface area contributed by atoms with Gasteiger partial charge in [0.05, 0.1) is 28.5 Å². The fourth-order valence-corrected chi connectivity index (χ4v) is 3.10. The first-order chi connectivity index (χ1) is 13.2. The summed E-state index contributed by atoms with van der Waals surface area (Å²) in [6, 6.07) is 25.0. The van der Waals surface area contributed by atoms with Crippen molar-refractivity contribution in [3.05, 3.63) is 96.3 Å². The number of carbonyl (C=O) groups excluding carboxylic acids is 1. The van der Waals surface area contributed by atoms with E-state index in [4.69, 9.17) is 4.98 Å². The maximum atomic E-state index is 13.1. The summed E-state index contributed by atoms with van der Waals surface area (Å²) in [6.45, 7) is 1.93. The fourth-order valence-electron chi connectivity index (χ4n) is 3.10. The van der Waals surface area contributed by atoms with Crippen molar-refractivity contribution in [1.82, 2.24) is 15.3 Å². The predicted octanol–water partition coefficient (Wildman–Crippen LogP) is 4.79. The van der Waals surface area contributed by atoms with Crippen LogP contribution in [0.25, 0.3) is 22.2 Å². The van der Waals surface area contributed by atoms with Gasteiger partial charge in [-0.25, -0.2) is 4.98 Å². The molecule has 4 heteroatoms. The second-order valence-corrected chi connectivity index (χ2v) is 6.39. The summed E-state index contributed by atoms with van der Waals surface area (Å²) in [5, 5.41) is 3.89. The second kappa shape index (κ2) is 7.38. The minimum absolute atomic E-state index is 0.135. The van der Waals surface area contributed by atoms with Crippen LogP contribution >= 0.6 is 0 Å². The van der Waals surface area contributed by atoms with Gasteiger partial charge in [0.15, 0.2) is 0 Å². The van der Waals surface area contributed by atoms with Gasteiger partial charge < -0.3 is 5.32 Å². The summed E-state index contributed by atoms with van der Waals surface area (Å²) in [7, 11) is 0. The quantitative estimate of drug-likeness (QED) is 0.574. The molecule has 4 aromatic rings. The number of nitrogens with one attached hydrogen (secondary N) is 1. The van der Waals surface area contributed by atoms with Gasteiger partial charge in [-0.1, -0.05) is 54.6 Å². The zero-order valence-electron chi connectivity index (χ0n) is 15.0. The Labute approximate surface area is 157 Å². The molecule has 0 fully saturated rings. The molecule has 0 saturated carbocycles. The molecule has 1 amide bonds. The number of benzene rings is 2. The van der Waals surface area contributed by atoms with Gasteiger partial charge in [0, 0.05) is 17.1 Å². The molecule has 0 saturated heterocycles. The molecule has 0 radical (unpaired) electrons. The van der Waals surface area contributed by atoms with Gasteiger partial charge in [-0.3, -0.25) is 9.78 Å². The molecule has 0 spiro atoms.